The van der Waals surface area contributed by atoms with E-state index >= 15 is 0 Å². The van der Waals surface area contributed by atoms with Crippen molar-refractivity contribution >= 4 is 29.0 Å². The van der Waals surface area contributed by atoms with Crippen LogP contribution in [-0.4, -0.2) is 26.2 Å². The molecule has 0 saturated heterocycles. The van der Waals surface area contributed by atoms with Crippen molar-refractivity contribution < 1.29 is 4.79 Å². The molecule has 0 unspecified atom stereocenters. The van der Waals surface area contributed by atoms with Crippen molar-refractivity contribution in [3.63, 3.8) is 0 Å². The van der Waals surface area contributed by atoms with E-state index in [1.54, 1.807) is 24.3 Å². The number of aldehydes is 1. The fourth-order valence-corrected chi connectivity index (χ4v) is 1.94. The highest BCUT2D eigenvalue weighted by Crippen LogP contribution is 2.10. The topological polar surface area (TPSA) is 127 Å². The normalized spacial score (nSPS) is 10.5. The van der Waals surface area contributed by atoms with Gasteiger partial charge in [-0.15, -0.1) is 0 Å². The standard InChI is InChI=1S/C14H12N6O2/c15-14-18-10-5-17-11(19-12(10)13(22)20-14)6-16-9-3-1-8(7-21)2-4-9/h1-5,7,16H,6H2,(H3,15,18,20,22). The number of carbonyl (C=O) groups excluding carboxylic acids is 1. The maximum atomic E-state index is 11.8. The minimum atomic E-state index is -0.401. The van der Waals surface area contributed by atoms with Crippen molar-refractivity contribution in [3.8, 4) is 0 Å². The Balaban J connectivity index is 1.81. The average molecular weight is 296 g/mol. The molecule has 2 heterocycles. The summed E-state index contributed by atoms with van der Waals surface area (Å²) in [7, 11) is 0. The van der Waals surface area contributed by atoms with E-state index in [0.717, 1.165) is 12.0 Å². The molecule has 4 N–H and O–H groups in total. The number of aromatic nitrogens is 4. The first-order chi connectivity index (χ1) is 10.7. The lowest BCUT2D eigenvalue weighted by Gasteiger charge is -2.06. The number of nitrogens with one attached hydrogen (secondary N) is 2. The third-order valence-electron chi connectivity index (χ3n) is 3.01. The van der Waals surface area contributed by atoms with E-state index in [4.69, 9.17) is 5.73 Å². The Labute approximate surface area is 124 Å². The summed E-state index contributed by atoms with van der Waals surface area (Å²) in [6, 6.07) is 6.96. The Hall–Kier alpha value is -3.29. The van der Waals surface area contributed by atoms with E-state index < -0.39 is 5.56 Å². The largest absolute Gasteiger partial charge is 0.378 e. The third kappa shape index (κ3) is 2.75. The first-order valence-electron chi connectivity index (χ1n) is 6.46. The van der Waals surface area contributed by atoms with Crippen LogP contribution in [0.3, 0.4) is 0 Å². The minimum absolute atomic E-state index is 0.0299. The lowest BCUT2D eigenvalue weighted by atomic mass is 10.2. The highest BCUT2D eigenvalue weighted by Gasteiger charge is 2.06. The number of rotatable bonds is 4. The molecule has 0 spiro atoms. The number of carbonyl (C=O) groups is 1. The van der Waals surface area contributed by atoms with E-state index in [9.17, 15) is 9.59 Å². The SMILES string of the molecule is Nc1nc2cnc(CNc3ccc(C=O)cc3)nc2c(=O)[nH]1. The number of H-pyrrole nitrogens is 1. The molecule has 3 aromatic rings. The van der Waals surface area contributed by atoms with Gasteiger partial charge in [0.25, 0.3) is 5.56 Å². The highest BCUT2D eigenvalue weighted by molar-refractivity contribution is 5.75. The van der Waals surface area contributed by atoms with Gasteiger partial charge in [0.05, 0.1) is 12.7 Å². The van der Waals surface area contributed by atoms with Gasteiger partial charge in [0.1, 0.15) is 17.6 Å². The maximum Gasteiger partial charge on any atom is 0.278 e. The molecule has 0 aliphatic carbocycles. The van der Waals surface area contributed by atoms with Crippen molar-refractivity contribution in [1.82, 2.24) is 19.9 Å². The number of nitrogens with two attached hydrogens (primary N) is 1. The van der Waals surface area contributed by atoms with E-state index in [1.807, 2.05) is 0 Å². The minimum Gasteiger partial charge on any atom is -0.378 e. The van der Waals surface area contributed by atoms with E-state index in [1.165, 1.54) is 6.20 Å². The molecule has 8 heteroatoms. The molecule has 22 heavy (non-hydrogen) atoms. The van der Waals surface area contributed by atoms with Crippen molar-refractivity contribution in [2.45, 2.75) is 6.54 Å². The molecule has 0 amide bonds. The molecular formula is C14H12N6O2. The summed E-state index contributed by atoms with van der Waals surface area (Å²) in [6.45, 7) is 0.334. The fourth-order valence-electron chi connectivity index (χ4n) is 1.94. The number of fused-ring (bicyclic) bond motifs is 1. The Morgan fingerprint density at radius 3 is 2.73 bits per heavy atom. The van der Waals surface area contributed by atoms with Crippen molar-refractivity contribution in [2.24, 2.45) is 0 Å². The number of hydrogen-bond acceptors (Lipinski definition) is 7. The summed E-state index contributed by atoms with van der Waals surface area (Å²) in [5.41, 5.74) is 7.02. The van der Waals surface area contributed by atoms with Crippen molar-refractivity contribution in [2.75, 3.05) is 11.1 Å². The maximum absolute atomic E-state index is 11.8. The van der Waals surface area contributed by atoms with Crippen LogP contribution < -0.4 is 16.6 Å². The molecule has 0 fully saturated rings. The van der Waals surface area contributed by atoms with Gasteiger partial charge in [-0.05, 0) is 24.3 Å². The van der Waals surface area contributed by atoms with Gasteiger partial charge in [-0.3, -0.25) is 14.6 Å². The number of anilines is 2. The van der Waals surface area contributed by atoms with Gasteiger partial charge in [0, 0.05) is 11.3 Å². The summed E-state index contributed by atoms with van der Waals surface area (Å²) in [6.07, 6.45) is 2.24. The summed E-state index contributed by atoms with van der Waals surface area (Å²) >= 11 is 0. The molecule has 0 saturated carbocycles. The summed E-state index contributed by atoms with van der Waals surface area (Å²) in [4.78, 5) is 37.0. The summed E-state index contributed by atoms with van der Waals surface area (Å²) in [5.74, 6) is 0.478. The van der Waals surface area contributed by atoms with E-state index in [-0.39, 0.29) is 11.5 Å². The van der Waals surface area contributed by atoms with Gasteiger partial charge < -0.3 is 11.1 Å². The van der Waals surface area contributed by atoms with Gasteiger partial charge in [-0.25, -0.2) is 15.0 Å². The Kier molecular flexibility index (Phi) is 3.48. The van der Waals surface area contributed by atoms with Gasteiger partial charge in [0.2, 0.25) is 5.95 Å². The zero-order chi connectivity index (χ0) is 15.5. The molecule has 3 rings (SSSR count). The summed E-state index contributed by atoms with van der Waals surface area (Å²) < 4.78 is 0. The number of nitrogens with zero attached hydrogens (tertiary/aromatic N) is 3. The lowest BCUT2D eigenvalue weighted by Crippen LogP contribution is -2.14. The number of benzene rings is 1. The van der Waals surface area contributed by atoms with Crippen LogP contribution in [0.25, 0.3) is 11.0 Å². The van der Waals surface area contributed by atoms with Crippen LogP contribution in [0, 0.1) is 0 Å². The Morgan fingerprint density at radius 1 is 1.23 bits per heavy atom. The van der Waals surface area contributed by atoms with Crippen LogP contribution in [0.15, 0.2) is 35.3 Å². The van der Waals surface area contributed by atoms with Gasteiger partial charge in [0.15, 0.2) is 5.52 Å². The molecule has 0 radical (unpaired) electrons. The monoisotopic (exact) mass is 296 g/mol. The second kappa shape index (κ2) is 5.60. The van der Waals surface area contributed by atoms with Crippen LogP contribution in [-0.2, 0) is 6.54 Å². The zero-order valence-electron chi connectivity index (χ0n) is 11.4. The van der Waals surface area contributed by atoms with Crippen LogP contribution in [0.4, 0.5) is 11.6 Å². The van der Waals surface area contributed by atoms with Crippen LogP contribution in [0.1, 0.15) is 16.2 Å². The predicted molar refractivity (Wildman–Crippen MR) is 81.5 cm³/mol. The zero-order valence-corrected chi connectivity index (χ0v) is 11.4. The first-order valence-corrected chi connectivity index (χ1v) is 6.46. The molecule has 110 valence electrons. The smallest absolute Gasteiger partial charge is 0.278 e. The molecule has 1 aromatic carbocycles. The first kappa shape index (κ1) is 13.7. The highest BCUT2D eigenvalue weighted by atomic mass is 16.1. The van der Waals surface area contributed by atoms with Gasteiger partial charge in [-0.2, -0.15) is 0 Å². The third-order valence-corrected chi connectivity index (χ3v) is 3.01. The van der Waals surface area contributed by atoms with Gasteiger partial charge >= 0.3 is 0 Å². The Bertz CT molecular complexity index is 888. The van der Waals surface area contributed by atoms with E-state index in [2.05, 4.69) is 25.3 Å². The number of hydrogen-bond donors (Lipinski definition) is 3. The molecule has 0 atom stereocenters. The molecule has 0 aliphatic rings. The van der Waals surface area contributed by atoms with Crippen LogP contribution in [0.5, 0.6) is 0 Å². The molecule has 0 aliphatic heterocycles. The van der Waals surface area contributed by atoms with E-state index in [0.29, 0.717) is 23.4 Å². The molecule has 0 bridgehead atoms. The molecular weight excluding hydrogens is 284 g/mol. The second-order valence-corrected chi connectivity index (χ2v) is 4.56. The molecule has 2 aromatic heterocycles. The van der Waals surface area contributed by atoms with Gasteiger partial charge in [-0.1, -0.05) is 0 Å². The van der Waals surface area contributed by atoms with Crippen LogP contribution >= 0.6 is 0 Å². The van der Waals surface area contributed by atoms with Crippen LogP contribution in [0.2, 0.25) is 0 Å². The summed E-state index contributed by atoms with van der Waals surface area (Å²) in [5, 5.41) is 3.11. The van der Waals surface area contributed by atoms with Crippen molar-refractivity contribution in [1.29, 1.82) is 0 Å². The van der Waals surface area contributed by atoms with Crippen molar-refractivity contribution in [3.05, 3.63) is 52.2 Å². The second-order valence-electron chi connectivity index (χ2n) is 4.56. The number of nitrogen functional groups attached to an aromatic ring is 1. The predicted octanol–water partition coefficient (Wildman–Crippen LogP) is 0.720. The Morgan fingerprint density at radius 2 is 2.00 bits per heavy atom. The number of aromatic amines is 1. The fraction of sp³-hybridized carbons (Fsp3) is 0.0714. The lowest BCUT2D eigenvalue weighted by molar-refractivity contribution is 0.112. The molecule has 8 nitrogen and oxygen atoms in total. The quantitative estimate of drug-likeness (QED) is 0.605. The average Bonchev–Trinajstić information content (AvgIpc) is 2.53.